The van der Waals surface area contributed by atoms with Gasteiger partial charge in [0.1, 0.15) is 0 Å². The zero-order valence-corrected chi connectivity index (χ0v) is 13.0. The molecular formula is C15H14Br2O. The van der Waals surface area contributed by atoms with E-state index in [1.807, 2.05) is 30.3 Å². The molecule has 2 aromatic carbocycles. The van der Waals surface area contributed by atoms with E-state index in [1.165, 1.54) is 5.56 Å². The number of hydrogen-bond donors (Lipinski definition) is 1. The van der Waals surface area contributed by atoms with Crippen LogP contribution in [0.5, 0.6) is 0 Å². The molecule has 1 N–H and O–H groups in total. The van der Waals surface area contributed by atoms with Gasteiger partial charge in [0.05, 0.1) is 6.61 Å². The molecule has 1 atom stereocenters. The molecule has 2 rings (SSSR count). The summed E-state index contributed by atoms with van der Waals surface area (Å²) in [4.78, 5) is 0. The Morgan fingerprint density at radius 2 is 1.61 bits per heavy atom. The Balaban J connectivity index is 2.20. The van der Waals surface area contributed by atoms with Crippen LogP contribution in [0.1, 0.15) is 17.0 Å². The van der Waals surface area contributed by atoms with Gasteiger partial charge in [-0.15, -0.1) is 0 Å². The van der Waals surface area contributed by atoms with Crippen LogP contribution in [0.15, 0.2) is 57.5 Å². The van der Waals surface area contributed by atoms with E-state index in [4.69, 9.17) is 0 Å². The van der Waals surface area contributed by atoms with Crippen LogP contribution in [-0.2, 0) is 6.42 Å². The molecule has 0 aliphatic rings. The number of halogens is 2. The second-order valence-electron chi connectivity index (χ2n) is 4.23. The van der Waals surface area contributed by atoms with Crippen molar-refractivity contribution >= 4 is 31.9 Å². The fourth-order valence-corrected chi connectivity index (χ4v) is 2.86. The van der Waals surface area contributed by atoms with Crippen LogP contribution in [0.4, 0.5) is 0 Å². The minimum absolute atomic E-state index is 0.127. The van der Waals surface area contributed by atoms with E-state index in [0.717, 1.165) is 20.9 Å². The van der Waals surface area contributed by atoms with Crippen molar-refractivity contribution < 1.29 is 5.11 Å². The maximum atomic E-state index is 9.59. The molecule has 94 valence electrons. The molecule has 1 nitrogen and oxygen atoms in total. The number of benzene rings is 2. The summed E-state index contributed by atoms with van der Waals surface area (Å²) in [6.45, 7) is 0.151. The normalized spacial score (nSPS) is 12.4. The van der Waals surface area contributed by atoms with Crippen LogP contribution < -0.4 is 0 Å². The van der Waals surface area contributed by atoms with Gasteiger partial charge in [-0.3, -0.25) is 0 Å². The predicted molar refractivity (Wildman–Crippen MR) is 81.8 cm³/mol. The van der Waals surface area contributed by atoms with Crippen molar-refractivity contribution in [1.82, 2.24) is 0 Å². The summed E-state index contributed by atoms with van der Waals surface area (Å²) in [7, 11) is 0. The van der Waals surface area contributed by atoms with E-state index in [0.29, 0.717) is 0 Å². The zero-order valence-electron chi connectivity index (χ0n) is 9.81. The highest BCUT2D eigenvalue weighted by Gasteiger charge is 2.13. The van der Waals surface area contributed by atoms with E-state index >= 15 is 0 Å². The van der Waals surface area contributed by atoms with Crippen LogP contribution in [0, 0.1) is 0 Å². The summed E-state index contributed by atoms with van der Waals surface area (Å²) in [5.74, 6) is 0.127. The van der Waals surface area contributed by atoms with E-state index in [9.17, 15) is 5.11 Å². The van der Waals surface area contributed by atoms with Crippen molar-refractivity contribution in [1.29, 1.82) is 0 Å². The summed E-state index contributed by atoms with van der Waals surface area (Å²) < 4.78 is 2.13. The van der Waals surface area contributed by atoms with Crippen LogP contribution >= 0.6 is 31.9 Å². The maximum Gasteiger partial charge on any atom is 0.0503 e. The first-order valence-corrected chi connectivity index (χ1v) is 7.39. The van der Waals surface area contributed by atoms with Crippen LogP contribution in [0.2, 0.25) is 0 Å². The molecule has 18 heavy (non-hydrogen) atoms. The molecule has 0 heterocycles. The zero-order chi connectivity index (χ0) is 13.0. The highest BCUT2D eigenvalue weighted by molar-refractivity contribution is 9.10. The maximum absolute atomic E-state index is 9.59. The molecule has 0 saturated carbocycles. The van der Waals surface area contributed by atoms with Gasteiger partial charge in [0.15, 0.2) is 0 Å². The predicted octanol–water partition coefficient (Wildman–Crippen LogP) is 4.53. The molecule has 2 aromatic rings. The van der Waals surface area contributed by atoms with E-state index < -0.39 is 0 Å². The van der Waals surface area contributed by atoms with Gasteiger partial charge in [-0.1, -0.05) is 62.2 Å². The fraction of sp³-hybridized carbons (Fsp3) is 0.200. The molecule has 0 saturated heterocycles. The van der Waals surface area contributed by atoms with E-state index in [1.54, 1.807) is 0 Å². The molecule has 0 aromatic heterocycles. The van der Waals surface area contributed by atoms with Crippen molar-refractivity contribution in [2.24, 2.45) is 0 Å². The lowest BCUT2D eigenvalue weighted by Gasteiger charge is -2.16. The van der Waals surface area contributed by atoms with Gasteiger partial charge in [-0.25, -0.2) is 0 Å². The Morgan fingerprint density at radius 3 is 2.22 bits per heavy atom. The van der Waals surface area contributed by atoms with Crippen molar-refractivity contribution in [3.05, 3.63) is 68.6 Å². The lowest BCUT2D eigenvalue weighted by Crippen LogP contribution is -2.08. The highest BCUT2D eigenvalue weighted by Crippen LogP contribution is 2.27. The number of hydrogen-bond acceptors (Lipinski definition) is 1. The van der Waals surface area contributed by atoms with Crippen LogP contribution in [0.25, 0.3) is 0 Å². The third kappa shape index (κ3) is 3.44. The Bertz CT molecular complexity index is 508. The molecule has 0 aliphatic carbocycles. The molecule has 0 bridgehead atoms. The minimum atomic E-state index is 0.127. The second-order valence-corrected chi connectivity index (χ2v) is 6.00. The molecule has 0 aliphatic heterocycles. The topological polar surface area (TPSA) is 20.2 Å². The second kappa shape index (κ2) is 6.50. The third-order valence-corrected chi connectivity index (χ3v) is 4.21. The summed E-state index contributed by atoms with van der Waals surface area (Å²) >= 11 is 6.97. The van der Waals surface area contributed by atoms with E-state index in [-0.39, 0.29) is 12.5 Å². The van der Waals surface area contributed by atoms with Crippen molar-refractivity contribution in [3.63, 3.8) is 0 Å². The number of rotatable bonds is 4. The Labute approximate surface area is 124 Å². The molecule has 3 heteroatoms. The Kier molecular flexibility index (Phi) is 4.98. The average Bonchev–Trinajstić information content (AvgIpc) is 2.39. The van der Waals surface area contributed by atoms with Crippen molar-refractivity contribution in [3.8, 4) is 0 Å². The minimum Gasteiger partial charge on any atom is -0.396 e. The lowest BCUT2D eigenvalue weighted by atomic mass is 9.93. The third-order valence-electron chi connectivity index (χ3n) is 2.96. The first-order valence-electron chi connectivity index (χ1n) is 5.80. The van der Waals surface area contributed by atoms with Gasteiger partial charge < -0.3 is 5.11 Å². The lowest BCUT2D eigenvalue weighted by molar-refractivity contribution is 0.264. The summed E-state index contributed by atoms with van der Waals surface area (Å²) in [6, 6.07) is 16.3. The molecule has 1 unspecified atom stereocenters. The fourth-order valence-electron chi connectivity index (χ4n) is 1.98. The smallest absolute Gasteiger partial charge is 0.0503 e. The van der Waals surface area contributed by atoms with Crippen molar-refractivity contribution in [2.45, 2.75) is 12.3 Å². The largest absolute Gasteiger partial charge is 0.396 e. The quantitative estimate of drug-likeness (QED) is 0.839. The highest BCUT2D eigenvalue weighted by atomic mass is 79.9. The SMILES string of the molecule is OCC(Cc1ccc(Br)cc1)c1ccccc1Br. The van der Waals surface area contributed by atoms with Crippen LogP contribution in [-0.4, -0.2) is 11.7 Å². The van der Waals surface area contributed by atoms with Crippen LogP contribution in [0.3, 0.4) is 0 Å². The van der Waals surface area contributed by atoms with Gasteiger partial charge in [-0.05, 0) is 35.7 Å². The Hall–Kier alpha value is -0.640. The molecule has 0 fully saturated rings. The number of aliphatic hydroxyl groups is 1. The first-order chi connectivity index (χ1) is 8.70. The van der Waals surface area contributed by atoms with Gasteiger partial charge in [0, 0.05) is 14.9 Å². The van der Waals surface area contributed by atoms with Gasteiger partial charge in [0.2, 0.25) is 0 Å². The summed E-state index contributed by atoms with van der Waals surface area (Å²) in [6.07, 6.45) is 0.840. The molecule has 0 radical (unpaired) electrons. The molecular weight excluding hydrogens is 356 g/mol. The standard InChI is InChI=1S/C15H14Br2O/c16-13-7-5-11(6-8-13)9-12(10-18)14-3-1-2-4-15(14)17/h1-8,12,18H,9-10H2. The van der Waals surface area contributed by atoms with Gasteiger partial charge >= 0.3 is 0 Å². The summed E-state index contributed by atoms with van der Waals surface area (Å²) in [5, 5.41) is 9.59. The first kappa shape index (κ1) is 13.8. The Morgan fingerprint density at radius 1 is 0.944 bits per heavy atom. The van der Waals surface area contributed by atoms with Gasteiger partial charge in [-0.2, -0.15) is 0 Å². The van der Waals surface area contributed by atoms with E-state index in [2.05, 4.69) is 50.1 Å². The monoisotopic (exact) mass is 368 g/mol. The molecule has 0 amide bonds. The van der Waals surface area contributed by atoms with Gasteiger partial charge in [0.25, 0.3) is 0 Å². The summed E-state index contributed by atoms with van der Waals surface area (Å²) in [5.41, 5.74) is 2.39. The van der Waals surface area contributed by atoms with Crippen molar-refractivity contribution in [2.75, 3.05) is 6.61 Å². The molecule has 0 spiro atoms. The average molecular weight is 370 g/mol. The number of aliphatic hydroxyl groups excluding tert-OH is 1.